The minimum atomic E-state index is 0.987. The molecule has 2 rings (SSSR count). The third-order valence-electron chi connectivity index (χ3n) is 6.49. The van der Waals surface area contributed by atoms with Crippen LogP contribution in [-0.2, 0) is 6.42 Å². The van der Waals surface area contributed by atoms with Crippen molar-refractivity contribution in [3.8, 4) is 0 Å². The lowest BCUT2D eigenvalue weighted by atomic mass is 10.0. The Kier molecular flexibility index (Phi) is 15.4. The third-order valence-corrected chi connectivity index (χ3v) is 8.95. The zero-order chi connectivity index (χ0) is 23.0. The van der Waals surface area contributed by atoms with Crippen LogP contribution in [0.5, 0.6) is 0 Å². The number of hydrogen-bond acceptors (Lipinski definition) is 3. The zero-order valence-electron chi connectivity index (χ0n) is 20.5. The second kappa shape index (κ2) is 17.4. The highest BCUT2D eigenvalue weighted by molar-refractivity contribution is 9.12. The van der Waals surface area contributed by atoms with Gasteiger partial charge in [-0.15, -0.1) is 11.3 Å². The van der Waals surface area contributed by atoms with Gasteiger partial charge in [0.25, 0.3) is 0 Å². The quantitative estimate of drug-likeness (QED) is 0.153. The van der Waals surface area contributed by atoms with Crippen LogP contribution in [-0.4, -0.2) is 9.97 Å². The highest BCUT2D eigenvalue weighted by Crippen LogP contribution is 2.37. The molecule has 32 heavy (non-hydrogen) atoms. The number of nitrogens with zero attached hydrogens (tertiary/aromatic N) is 2. The zero-order valence-corrected chi connectivity index (χ0v) is 24.5. The first-order valence-corrected chi connectivity index (χ1v) is 15.6. The molecule has 0 bridgehead atoms. The molecule has 0 fully saturated rings. The van der Waals surface area contributed by atoms with Crippen molar-refractivity contribution in [2.24, 2.45) is 0 Å². The number of halogens is 2. The number of unbranched alkanes of at least 4 members (excludes halogenated alkanes) is 17. The van der Waals surface area contributed by atoms with Crippen LogP contribution in [0.1, 0.15) is 134 Å². The number of rotatable bonds is 19. The summed E-state index contributed by atoms with van der Waals surface area (Å²) in [7, 11) is 0. The van der Waals surface area contributed by atoms with Gasteiger partial charge in [-0.05, 0) is 51.6 Å². The fourth-order valence-electron chi connectivity index (χ4n) is 4.43. The number of aromatic nitrogens is 2. The van der Waals surface area contributed by atoms with Gasteiger partial charge in [-0.3, -0.25) is 0 Å². The molecule has 2 aromatic rings. The predicted octanol–water partition coefficient (Wildman–Crippen LogP) is 11.1. The largest absolute Gasteiger partial charge is 0.247 e. The molecule has 0 amide bonds. The van der Waals surface area contributed by atoms with Gasteiger partial charge in [0.1, 0.15) is 11.0 Å². The van der Waals surface area contributed by atoms with E-state index in [0.717, 1.165) is 30.7 Å². The Bertz CT molecular complexity index is 760. The van der Waals surface area contributed by atoms with Gasteiger partial charge in [0.15, 0.2) is 0 Å². The lowest BCUT2D eigenvalue weighted by Crippen LogP contribution is -1.98. The standard InChI is InChI=1S/C27H44Br2N2S/c1-3-4-5-6-7-8-9-10-11-12-13-14-15-16-17-18-19-20-21-23-22(2)30-24-25(31-23)27(29)32-26(24)28/h3-21H2,1-2H3. The highest BCUT2D eigenvalue weighted by Gasteiger charge is 2.13. The number of aryl methyl sites for hydroxylation is 2. The summed E-state index contributed by atoms with van der Waals surface area (Å²) in [5.74, 6) is 0. The fraction of sp³-hybridized carbons (Fsp3) is 0.778. The van der Waals surface area contributed by atoms with Crippen LogP contribution in [0.25, 0.3) is 11.0 Å². The van der Waals surface area contributed by atoms with E-state index in [1.54, 1.807) is 11.3 Å². The minimum Gasteiger partial charge on any atom is -0.247 e. The first kappa shape index (κ1) is 28.2. The topological polar surface area (TPSA) is 25.8 Å². The van der Waals surface area contributed by atoms with Gasteiger partial charge < -0.3 is 0 Å². The monoisotopic (exact) mass is 586 g/mol. The van der Waals surface area contributed by atoms with Crippen LogP contribution in [0.15, 0.2) is 7.57 Å². The Morgan fingerprint density at radius 3 is 1.38 bits per heavy atom. The Labute approximate surface area is 218 Å². The molecule has 0 atom stereocenters. The Morgan fingerprint density at radius 1 is 0.562 bits per heavy atom. The van der Waals surface area contributed by atoms with Crippen molar-refractivity contribution in [2.75, 3.05) is 0 Å². The van der Waals surface area contributed by atoms with Crippen LogP contribution < -0.4 is 0 Å². The lowest BCUT2D eigenvalue weighted by Gasteiger charge is -2.06. The Hall–Kier alpha value is -0.000000000000000167. The van der Waals surface area contributed by atoms with E-state index in [9.17, 15) is 0 Å². The molecule has 0 aliphatic heterocycles. The van der Waals surface area contributed by atoms with Gasteiger partial charge >= 0.3 is 0 Å². The van der Waals surface area contributed by atoms with E-state index in [0.29, 0.717) is 0 Å². The second-order valence-corrected chi connectivity index (χ2v) is 13.0. The van der Waals surface area contributed by atoms with Gasteiger partial charge in [0.2, 0.25) is 0 Å². The van der Waals surface area contributed by atoms with Gasteiger partial charge in [0.05, 0.1) is 19.0 Å². The summed E-state index contributed by atoms with van der Waals surface area (Å²) in [6.45, 7) is 4.39. The minimum absolute atomic E-state index is 0.987. The Balaban J connectivity index is 1.39. The van der Waals surface area contributed by atoms with E-state index in [1.165, 1.54) is 121 Å². The summed E-state index contributed by atoms with van der Waals surface area (Å²) in [5, 5.41) is 0. The average molecular weight is 589 g/mol. The number of hydrogen-bond donors (Lipinski definition) is 0. The SMILES string of the molecule is CCCCCCCCCCCCCCCCCCCCc1nc2c(Br)sc(Br)c2nc1C. The second-order valence-electron chi connectivity index (χ2n) is 9.36. The summed E-state index contributed by atoms with van der Waals surface area (Å²) in [4.78, 5) is 9.65. The number of thiophene rings is 1. The molecule has 0 radical (unpaired) electrons. The summed E-state index contributed by atoms with van der Waals surface area (Å²) in [6.07, 6.45) is 26.6. The van der Waals surface area contributed by atoms with Gasteiger partial charge in [-0.2, -0.15) is 0 Å². The van der Waals surface area contributed by atoms with E-state index in [-0.39, 0.29) is 0 Å². The smallest absolute Gasteiger partial charge is 0.115 e. The first-order chi connectivity index (χ1) is 15.6. The molecule has 0 aliphatic rings. The molecule has 0 saturated heterocycles. The normalized spacial score (nSPS) is 11.6. The Morgan fingerprint density at radius 2 is 0.938 bits per heavy atom. The van der Waals surface area contributed by atoms with Crippen LogP contribution in [0, 0.1) is 6.92 Å². The van der Waals surface area contributed by atoms with Crippen LogP contribution in [0.2, 0.25) is 0 Å². The molecule has 5 heteroatoms. The fourth-order valence-corrected chi connectivity index (χ4v) is 7.25. The number of fused-ring (bicyclic) bond motifs is 1. The van der Waals surface area contributed by atoms with Crippen molar-refractivity contribution in [3.05, 3.63) is 19.0 Å². The van der Waals surface area contributed by atoms with Crippen molar-refractivity contribution in [3.63, 3.8) is 0 Å². The van der Waals surface area contributed by atoms with Gasteiger partial charge in [-0.25, -0.2) is 9.97 Å². The molecule has 0 aliphatic carbocycles. The summed E-state index contributed by atoms with van der Waals surface area (Å²) in [5.41, 5.74) is 4.24. The van der Waals surface area contributed by atoms with Crippen LogP contribution in [0.4, 0.5) is 0 Å². The van der Waals surface area contributed by atoms with E-state index in [1.807, 2.05) is 0 Å². The van der Waals surface area contributed by atoms with Crippen LogP contribution in [0.3, 0.4) is 0 Å². The van der Waals surface area contributed by atoms with Gasteiger partial charge in [0, 0.05) is 0 Å². The third kappa shape index (κ3) is 11.0. The highest BCUT2D eigenvalue weighted by atomic mass is 79.9. The molecule has 0 N–H and O–H groups in total. The molecule has 182 valence electrons. The molecular weight excluding hydrogens is 544 g/mol. The van der Waals surface area contributed by atoms with Crippen LogP contribution >= 0.6 is 43.2 Å². The molecule has 2 aromatic heterocycles. The molecule has 0 unspecified atom stereocenters. The van der Waals surface area contributed by atoms with Crippen molar-refractivity contribution < 1.29 is 0 Å². The molecular formula is C27H44Br2N2S. The van der Waals surface area contributed by atoms with Crippen molar-refractivity contribution >= 4 is 54.2 Å². The molecule has 2 nitrogen and oxygen atoms in total. The first-order valence-electron chi connectivity index (χ1n) is 13.2. The average Bonchev–Trinajstić information content (AvgIpc) is 3.05. The maximum atomic E-state index is 4.88. The molecule has 0 aromatic carbocycles. The molecule has 0 saturated carbocycles. The van der Waals surface area contributed by atoms with Crippen molar-refractivity contribution in [1.82, 2.24) is 9.97 Å². The summed E-state index contributed by atoms with van der Waals surface area (Å²) >= 11 is 8.87. The van der Waals surface area contributed by atoms with E-state index in [2.05, 4.69) is 45.7 Å². The van der Waals surface area contributed by atoms with Crippen molar-refractivity contribution in [1.29, 1.82) is 0 Å². The van der Waals surface area contributed by atoms with Gasteiger partial charge in [-0.1, -0.05) is 116 Å². The lowest BCUT2D eigenvalue weighted by molar-refractivity contribution is 0.525. The van der Waals surface area contributed by atoms with E-state index >= 15 is 0 Å². The predicted molar refractivity (Wildman–Crippen MR) is 150 cm³/mol. The van der Waals surface area contributed by atoms with E-state index < -0.39 is 0 Å². The maximum Gasteiger partial charge on any atom is 0.115 e. The molecule has 0 spiro atoms. The molecule has 2 heterocycles. The summed E-state index contributed by atoms with van der Waals surface area (Å²) in [6, 6.07) is 0. The summed E-state index contributed by atoms with van der Waals surface area (Å²) < 4.78 is 2.14. The van der Waals surface area contributed by atoms with Crippen molar-refractivity contribution in [2.45, 2.75) is 136 Å². The maximum absolute atomic E-state index is 4.88. The van der Waals surface area contributed by atoms with E-state index in [4.69, 9.17) is 9.97 Å².